The molecule has 0 saturated carbocycles. The molecule has 4 N–H and O–H groups in total. The molecular weight excluding hydrogens is 839 g/mol. The Labute approximate surface area is 327 Å². The van der Waals surface area contributed by atoms with Crippen molar-refractivity contribution in [2.45, 2.75) is 31.9 Å². The maximum atomic E-state index is 12.3. The minimum atomic E-state index is -4.65. The lowest BCUT2D eigenvalue weighted by atomic mass is 9.97. The lowest BCUT2D eigenvalue weighted by Crippen LogP contribution is -2.18. The van der Waals surface area contributed by atoms with E-state index < -0.39 is 56.3 Å². The summed E-state index contributed by atoms with van der Waals surface area (Å²) in [6.45, 7) is 0. The second-order valence-corrected chi connectivity index (χ2v) is 22.5. The molecule has 12 nitrogen and oxygen atoms in total. The summed E-state index contributed by atoms with van der Waals surface area (Å²) in [6, 6.07) is 37.3. The van der Waals surface area contributed by atoms with Crippen LogP contribution in [0.4, 0.5) is 0 Å². The number of hydrogen-bond donors (Lipinski definition) is 4. The third kappa shape index (κ3) is 9.85. The number of hydrogen-bond acceptors (Lipinski definition) is 8. The molecular formula is C38H32O12P2S4. The molecule has 0 aliphatic carbocycles. The molecule has 0 atom stereocenters. The van der Waals surface area contributed by atoms with Gasteiger partial charge in [0.25, 0.3) is 40.5 Å². The van der Waals surface area contributed by atoms with Gasteiger partial charge in [-0.05, 0) is 108 Å². The zero-order valence-electron chi connectivity index (χ0n) is 28.9. The predicted octanol–water partition coefficient (Wildman–Crippen LogP) is 5.61. The maximum Gasteiger partial charge on any atom is 0.294 e. The minimum Gasteiger partial charge on any atom is -0.282 e. The summed E-state index contributed by atoms with van der Waals surface area (Å²) in [6.07, 6.45) is 0.313. The van der Waals surface area contributed by atoms with Gasteiger partial charge in [0, 0.05) is 12.3 Å². The van der Waals surface area contributed by atoms with Gasteiger partial charge in [-0.2, -0.15) is 33.7 Å². The molecule has 0 spiro atoms. The Bertz CT molecular complexity index is 2740. The van der Waals surface area contributed by atoms with Crippen LogP contribution in [0.15, 0.2) is 165 Å². The van der Waals surface area contributed by atoms with E-state index in [1.54, 1.807) is 24.3 Å². The van der Waals surface area contributed by atoms with E-state index in [-0.39, 0.29) is 31.9 Å². The van der Waals surface area contributed by atoms with Crippen molar-refractivity contribution in [3.8, 4) is 11.1 Å². The van der Waals surface area contributed by atoms with Gasteiger partial charge in [-0.15, -0.1) is 0 Å². The molecule has 0 saturated heterocycles. The first-order valence-electron chi connectivity index (χ1n) is 16.3. The van der Waals surface area contributed by atoms with Gasteiger partial charge in [0.15, 0.2) is 0 Å². The highest BCUT2D eigenvalue weighted by Gasteiger charge is 2.26. The SMILES string of the molecule is O=S(=O)(O)c1cccc(P(Cc2cccc(-c3ccccc3)c2CP(c2cccc(S(=O)(=O)O)c2)c2cccc(S(=O)(=O)O)c2)c2cccc(S(=O)(=O)O)c2)c1. The van der Waals surface area contributed by atoms with E-state index in [2.05, 4.69) is 0 Å². The first kappa shape index (κ1) is 41.5. The molecule has 56 heavy (non-hydrogen) atoms. The quantitative estimate of drug-likeness (QED) is 0.0824. The van der Waals surface area contributed by atoms with Crippen molar-refractivity contribution >= 4 is 77.5 Å². The Morgan fingerprint density at radius 2 is 0.714 bits per heavy atom. The molecule has 6 aromatic rings. The monoisotopic (exact) mass is 870 g/mol. The van der Waals surface area contributed by atoms with Crippen LogP contribution in [0, 0.1) is 0 Å². The third-order valence-electron chi connectivity index (χ3n) is 8.71. The molecule has 0 aliphatic heterocycles. The van der Waals surface area contributed by atoms with Crippen LogP contribution in [0.3, 0.4) is 0 Å². The highest BCUT2D eigenvalue weighted by molar-refractivity contribution is 7.86. The second kappa shape index (κ2) is 16.4. The summed E-state index contributed by atoms with van der Waals surface area (Å²) in [5.41, 5.74) is 2.98. The Balaban J connectivity index is 1.61. The number of benzene rings is 6. The van der Waals surface area contributed by atoms with Crippen LogP contribution in [0.2, 0.25) is 0 Å². The zero-order valence-corrected chi connectivity index (χ0v) is 33.9. The van der Waals surface area contributed by atoms with Crippen molar-refractivity contribution in [1.29, 1.82) is 0 Å². The average Bonchev–Trinajstić information content (AvgIpc) is 3.15. The minimum absolute atomic E-state index is 0.152. The first-order chi connectivity index (χ1) is 26.3. The van der Waals surface area contributed by atoms with Gasteiger partial charge >= 0.3 is 0 Å². The van der Waals surface area contributed by atoms with Crippen molar-refractivity contribution in [2.75, 3.05) is 0 Å². The molecule has 0 aliphatic rings. The third-order valence-corrected chi connectivity index (χ3v) is 17.0. The molecule has 0 amide bonds. The topological polar surface area (TPSA) is 217 Å². The van der Waals surface area contributed by atoms with Crippen molar-refractivity contribution in [2.24, 2.45) is 0 Å². The molecule has 0 fully saturated rings. The van der Waals surface area contributed by atoms with Crippen LogP contribution < -0.4 is 21.2 Å². The fourth-order valence-corrected chi connectivity index (χ4v) is 13.4. The van der Waals surface area contributed by atoms with Crippen LogP contribution in [0.5, 0.6) is 0 Å². The van der Waals surface area contributed by atoms with E-state index in [9.17, 15) is 51.9 Å². The largest absolute Gasteiger partial charge is 0.294 e. The maximum absolute atomic E-state index is 12.3. The summed E-state index contributed by atoms with van der Waals surface area (Å²) >= 11 is 0. The highest BCUT2D eigenvalue weighted by Crippen LogP contribution is 2.46. The Hall–Kier alpha value is -4.18. The normalized spacial score (nSPS) is 12.6. The van der Waals surface area contributed by atoms with E-state index in [4.69, 9.17) is 0 Å². The molecule has 6 rings (SSSR count). The van der Waals surface area contributed by atoms with Crippen LogP contribution in [-0.2, 0) is 52.8 Å². The lowest BCUT2D eigenvalue weighted by Gasteiger charge is -2.26. The van der Waals surface area contributed by atoms with Crippen LogP contribution in [0.25, 0.3) is 11.1 Å². The van der Waals surface area contributed by atoms with Crippen molar-refractivity contribution in [1.82, 2.24) is 0 Å². The molecule has 0 bridgehead atoms. The van der Waals surface area contributed by atoms with Gasteiger partial charge in [0.1, 0.15) is 0 Å². The summed E-state index contributed by atoms with van der Waals surface area (Å²) in [7, 11) is -22.0. The molecule has 0 heterocycles. The van der Waals surface area contributed by atoms with Gasteiger partial charge in [-0.25, -0.2) is 0 Å². The standard InChI is InChI=1S/C38H32O12P2S4/c39-53(40,41)33-16-5-12-29(21-33)51(30-13-6-17-34(22-30)54(42,43)44)25-28-11-4-20-37(27-9-2-1-3-10-27)38(28)26-52(31-14-7-18-35(23-31)55(45,46)47)32-15-8-19-36(24-32)56(48,49)50/h1-24H,25-26H2,(H,39,40,41)(H,42,43,44)(H,45,46,47)(H,48,49,50). The first-order valence-corrected chi connectivity index (χ1v) is 25.1. The van der Waals surface area contributed by atoms with E-state index in [0.29, 0.717) is 26.8 Å². The van der Waals surface area contributed by atoms with E-state index in [1.165, 1.54) is 72.8 Å². The van der Waals surface area contributed by atoms with Crippen LogP contribution in [-0.4, -0.2) is 51.9 Å². The van der Waals surface area contributed by atoms with Crippen LogP contribution >= 0.6 is 15.8 Å². The molecule has 290 valence electrons. The van der Waals surface area contributed by atoms with E-state index in [0.717, 1.165) is 16.7 Å². The fourth-order valence-electron chi connectivity index (χ4n) is 6.10. The molecule has 0 radical (unpaired) electrons. The zero-order chi connectivity index (χ0) is 40.5. The summed E-state index contributed by atoms with van der Waals surface area (Å²) in [5, 5.41) is 1.78. The summed E-state index contributed by atoms with van der Waals surface area (Å²) < 4.78 is 138. The second-order valence-electron chi connectivity index (χ2n) is 12.4. The molecule has 0 unspecified atom stereocenters. The summed E-state index contributed by atoms with van der Waals surface area (Å²) in [5.74, 6) is 0. The van der Waals surface area contributed by atoms with E-state index in [1.807, 2.05) is 48.5 Å². The number of rotatable bonds is 13. The smallest absolute Gasteiger partial charge is 0.282 e. The predicted molar refractivity (Wildman–Crippen MR) is 217 cm³/mol. The molecule has 0 aromatic heterocycles. The van der Waals surface area contributed by atoms with Crippen molar-refractivity contribution in [3.63, 3.8) is 0 Å². The lowest BCUT2D eigenvalue weighted by molar-refractivity contribution is 0.481. The Morgan fingerprint density at radius 1 is 0.375 bits per heavy atom. The van der Waals surface area contributed by atoms with Gasteiger partial charge in [0.05, 0.1) is 19.6 Å². The van der Waals surface area contributed by atoms with Gasteiger partial charge in [0.2, 0.25) is 0 Å². The van der Waals surface area contributed by atoms with Crippen molar-refractivity contribution < 1.29 is 51.9 Å². The molecule has 6 aromatic carbocycles. The van der Waals surface area contributed by atoms with Gasteiger partial charge in [-0.1, -0.05) is 97.1 Å². The average molecular weight is 871 g/mol. The fraction of sp³-hybridized carbons (Fsp3) is 0.0526. The van der Waals surface area contributed by atoms with Gasteiger partial charge < -0.3 is 0 Å². The summed E-state index contributed by atoms with van der Waals surface area (Å²) in [4.78, 5) is -1.53. The van der Waals surface area contributed by atoms with Crippen LogP contribution in [0.1, 0.15) is 11.1 Å². The highest BCUT2D eigenvalue weighted by atomic mass is 32.2. The van der Waals surface area contributed by atoms with E-state index >= 15 is 0 Å². The Kier molecular flexibility index (Phi) is 12.1. The van der Waals surface area contributed by atoms with Gasteiger partial charge in [-0.3, -0.25) is 18.2 Å². The Morgan fingerprint density at radius 3 is 1.07 bits per heavy atom. The molecule has 18 heteroatoms. The van der Waals surface area contributed by atoms with Crippen molar-refractivity contribution in [3.05, 3.63) is 157 Å².